The molecule has 2 nitrogen and oxygen atoms in total. The number of nitrogens with one attached hydrogen (secondary N) is 1. The highest BCUT2D eigenvalue weighted by atomic mass is 16.2. The Morgan fingerprint density at radius 2 is 2.18 bits per heavy atom. The monoisotopic (exact) mass is 231 g/mol. The van der Waals surface area contributed by atoms with Gasteiger partial charge in [-0.15, -0.1) is 0 Å². The number of anilines is 1. The molecule has 2 heteroatoms. The van der Waals surface area contributed by atoms with Gasteiger partial charge in [-0.05, 0) is 30.4 Å². The summed E-state index contributed by atoms with van der Waals surface area (Å²) in [5.41, 5.74) is 3.41. The Labute approximate surface area is 103 Å². The van der Waals surface area contributed by atoms with Crippen molar-refractivity contribution in [2.45, 2.75) is 46.0 Å². The van der Waals surface area contributed by atoms with Gasteiger partial charge in [0, 0.05) is 5.69 Å². The zero-order valence-corrected chi connectivity index (χ0v) is 10.9. The first-order chi connectivity index (χ1) is 8.13. The fraction of sp³-hybridized carbons (Fsp3) is 0.533. The third-order valence-corrected chi connectivity index (χ3v) is 3.66. The highest BCUT2D eigenvalue weighted by molar-refractivity contribution is 6.03. The molecule has 1 aromatic carbocycles. The van der Waals surface area contributed by atoms with E-state index in [1.807, 2.05) is 6.07 Å². The molecule has 1 aromatic rings. The highest BCUT2D eigenvalue weighted by Crippen LogP contribution is 2.38. The SMILES string of the molecule is CCCC(C)CC1C(=O)Nc2c(C)cccc21. The maximum Gasteiger partial charge on any atom is 0.232 e. The van der Waals surface area contributed by atoms with Crippen molar-refractivity contribution in [3.63, 3.8) is 0 Å². The van der Waals surface area contributed by atoms with E-state index < -0.39 is 0 Å². The first-order valence-electron chi connectivity index (χ1n) is 6.53. The van der Waals surface area contributed by atoms with E-state index in [0.29, 0.717) is 5.92 Å². The number of fused-ring (bicyclic) bond motifs is 1. The summed E-state index contributed by atoms with van der Waals surface area (Å²) in [6, 6.07) is 6.19. The van der Waals surface area contributed by atoms with Crippen LogP contribution in [-0.4, -0.2) is 5.91 Å². The van der Waals surface area contributed by atoms with Crippen LogP contribution in [0.2, 0.25) is 0 Å². The minimum atomic E-state index is 0.0615. The molecule has 1 N–H and O–H groups in total. The molecule has 0 aromatic heterocycles. The van der Waals surface area contributed by atoms with E-state index >= 15 is 0 Å². The maximum atomic E-state index is 12.0. The quantitative estimate of drug-likeness (QED) is 0.837. The molecule has 0 radical (unpaired) electrons. The van der Waals surface area contributed by atoms with E-state index in [9.17, 15) is 4.79 Å². The van der Waals surface area contributed by atoms with Crippen LogP contribution in [0, 0.1) is 12.8 Å². The van der Waals surface area contributed by atoms with E-state index in [4.69, 9.17) is 0 Å². The topological polar surface area (TPSA) is 29.1 Å². The summed E-state index contributed by atoms with van der Waals surface area (Å²) < 4.78 is 0. The van der Waals surface area contributed by atoms with Crippen molar-refractivity contribution in [3.05, 3.63) is 29.3 Å². The van der Waals surface area contributed by atoms with Gasteiger partial charge in [0.2, 0.25) is 5.91 Å². The predicted molar refractivity (Wildman–Crippen MR) is 71.2 cm³/mol. The van der Waals surface area contributed by atoms with Gasteiger partial charge in [-0.3, -0.25) is 4.79 Å². The maximum absolute atomic E-state index is 12.0. The number of amides is 1. The molecule has 17 heavy (non-hydrogen) atoms. The smallest absolute Gasteiger partial charge is 0.232 e. The van der Waals surface area contributed by atoms with Gasteiger partial charge in [-0.25, -0.2) is 0 Å². The van der Waals surface area contributed by atoms with Crippen LogP contribution in [0.3, 0.4) is 0 Å². The number of benzene rings is 1. The Morgan fingerprint density at radius 3 is 2.88 bits per heavy atom. The first kappa shape index (κ1) is 12.2. The van der Waals surface area contributed by atoms with Gasteiger partial charge in [-0.2, -0.15) is 0 Å². The van der Waals surface area contributed by atoms with Gasteiger partial charge in [0.05, 0.1) is 5.92 Å². The number of carbonyl (C=O) groups is 1. The second-order valence-electron chi connectivity index (χ2n) is 5.21. The highest BCUT2D eigenvalue weighted by Gasteiger charge is 2.31. The average Bonchev–Trinajstić information content (AvgIpc) is 2.58. The molecule has 0 fully saturated rings. The lowest BCUT2D eigenvalue weighted by Gasteiger charge is -2.14. The van der Waals surface area contributed by atoms with Crippen molar-refractivity contribution in [1.29, 1.82) is 0 Å². The largest absolute Gasteiger partial charge is 0.325 e. The van der Waals surface area contributed by atoms with Crippen LogP contribution >= 0.6 is 0 Å². The molecule has 2 unspecified atom stereocenters. The fourth-order valence-corrected chi connectivity index (χ4v) is 2.75. The molecule has 0 spiro atoms. The molecule has 1 heterocycles. The van der Waals surface area contributed by atoms with Crippen molar-refractivity contribution in [3.8, 4) is 0 Å². The molecule has 2 rings (SSSR count). The normalized spacial score (nSPS) is 19.9. The van der Waals surface area contributed by atoms with E-state index in [0.717, 1.165) is 12.1 Å². The van der Waals surface area contributed by atoms with E-state index in [1.165, 1.54) is 24.0 Å². The summed E-state index contributed by atoms with van der Waals surface area (Å²) in [6.45, 7) is 6.49. The number of carbonyl (C=O) groups excluding carboxylic acids is 1. The molecular formula is C15H21NO. The molecule has 0 saturated heterocycles. The van der Waals surface area contributed by atoms with Crippen LogP contribution in [0.25, 0.3) is 0 Å². The van der Waals surface area contributed by atoms with Crippen LogP contribution in [0.15, 0.2) is 18.2 Å². The van der Waals surface area contributed by atoms with Gasteiger partial charge < -0.3 is 5.32 Å². The number of aryl methyl sites for hydroxylation is 1. The minimum absolute atomic E-state index is 0.0615. The lowest BCUT2D eigenvalue weighted by atomic mass is 9.88. The zero-order valence-electron chi connectivity index (χ0n) is 10.9. The molecule has 0 saturated carbocycles. The first-order valence-corrected chi connectivity index (χ1v) is 6.53. The molecule has 1 aliphatic rings. The van der Waals surface area contributed by atoms with Gasteiger partial charge in [0.1, 0.15) is 0 Å². The predicted octanol–water partition coefficient (Wildman–Crippen LogP) is 3.86. The van der Waals surface area contributed by atoms with Gasteiger partial charge in [0.25, 0.3) is 0 Å². The van der Waals surface area contributed by atoms with E-state index in [-0.39, 0.29) is 11.8 Å². The molecule has 2 atom stereocenters. The zero-order chi connectivity index (χ0) is 12.4. The lowest BCUT2D eigenvalue weighted by molar-refractivity contribution is -0.117. The molecule has 0 aliphatic carbocycles. The van der Waals surface area contributed by atoms with Gasteiger partial charge >= 0.3 is 0 Å². The Hall–Kier alpha value is -1.31. The molecule has 0 bridgehead atoms. The third-order valence-electron chi connectivity index (χ3n) is 3.66. The molecule has 92 valence electrons. The van der Waals surface area contributed by atoms with Gasteiger partial charge in [-0.1, -0.05) is 44.9 Å². The standard InChI is InChI=1S/C15H21NO/c1-4-6-10(2)9-13-12-8-5-7-11(3)14(12)16-15(13)17/h5,7-8,10,13H,4,6,9H2,1-3H3,(H,16,17). The van der Waals surface area contributed by atoms with Crippen LogP contribution in [-0.2, 0) is 4.79 Å². The van der Waals surface area contributed by atoms with Crippen molar-refractivity contribution < 1.29 is 4.79 Å². The van der Waals surface area contributed by atoms with E-state index in [2.05, 4.69) is 38.2 Å². The van der Waals surface area contributed by atoms with Crippen LogP contribution in [0.1, 0.15) is 50.2 Å². The third kappa shape index (κ3) is 2.36. The summed E-state index contributed by atoms with van der Waals surface area (Å²) in [7, 11) is 0. The lowest BCUT2D eigenvalue weighted by Crippen LogP contribution is -2.14. The van der Waals surface area contributed by atoms with Crippen molar-refractivity contribution in [1.82, 2.24) is 0 Å². The Morgan fingerprint density at radius 1 is 1.41 bits per heavy atom. The average molecular weight is 231 g/mol. The summed E-state index contributed by atoms with van der Waals surface area (Å²) in [4.78, 5) is 12.0. The van der Waals surface area contributed by atoms with E-state index in [1.54, 1.807) is 0 Å². The number of rotatable bonds is 4. The number of hydrogen-bond acceptors (Lipinski definition) is 1. The van der Waals surface area contributed by atoms with Crippen molar-refractivity contribution in [2.75, 3.05) is 5.32 Å². The fourth-order valence-electron chi connectivity index (χ4n) is 2.75. The summed E-state index contributed by atoms with van der Waals surface area (Å²) in [5.74, 6) is 0.853. The van der Waals surface area contributed by atoms with Crippen LogP contribution in [0.4, 0.5) is 5.69 Å². The summed E-state index contributed by atoms with van der Waals surface area (Å²) in [5, 5.41) is 3.02. The summed E-state index contributed by atoms with van der Waals surface area (Å²) >= 11 is 0. The molecule has 1 aliphatic heterocycles. The number of hydrogen-bond donors (Lipinski definition) is 1. The van der Waals surface area contributed by atoms with Crippen LogP contribution in [0.5, 0.6) is 0 Å². The van der Waals surface area contributed by atoms with Crippen LogP contribution < -0.4 is 5.32 Å². The Balaban J connectivity index is 2.20. The Bertz CT molecular complexity index is 425. The molecule has 1 amide bonds. The second kappa shape index (κ2) is 4.91. The Kier molecular flexibility index (Phi) is 3.51. The van der Waals surface area contributed by atoms with Gasteiger partial charge in [0.15, 0.2) is 0 Å². The van der Waals surface area contributed by atoms with Crippen molar-refractivity contribution >= 4 is 11.6 Å². The van der Waals surface area contributed by atoms with Crippen molar-refractivity contribution in [2.24, 2.45) is 5.92 Å². The summed E-state index contributed by atoms with van der Waals surface area (Å²) in [6.07, 6.45) is 3.36. The number of para-hydroxylation sites is 1. The second-order valence-corrected chi connectivity index (χ2v) is 5.21. The minimum Gasteiger partial charge on any atom is -0.325 e. The molecular weight excluding hydrogens is 210 g/mol.